The number of anilines is 1. The van der Waals surface area contributed by atoms with Gasteiger partial charge in [-0.15, -0.1) is 9.46 Å². The van der Waals surface area contributed by atoms with Gasteiger partial charge in [0.2, 0.25) is 5.88 Å². The van der Waals surface area contributed by atoms with Crippen molar-refractivity contribution in [3.63, 3.8) is 0 Å². The van der Waals surface area contributed by atoms with E-state index in [0.717, 1.165) is 49.4 Å². The van der Waals surface area contributed by atoms with Crippen LogP contribution in [0.5, 0.6) is 11.6 Å². The number of amides is 2. The highest BCUT2D eigenvalue weighted by molar-refractivity contribution is 7.93. The highest BCUT2D eigenvalue weighted by Crippen LogP contribution is 2.47. The minimum atomic E-state index is -3.80. The minimum Gasteiger partial charge on any atom is -0.490 e. The Morgan fingerprint density at radius 2 is 1.85 bits per heavy atom. The average Bonchev–Trinajstić information content (AvgIpc) is 3.47. The second-order valence-electron chi connectivity index (χ2n) is 15.3. The van der Waals surface area contributed by atoms with Gasteiger partial charge >= 0.3 is 0 Å². The number of methoxy groups -OCH3 is 3. The number of aryl methyl sites for hydroxylation is 2. The zero-order valence-electron chi connectivity index (χ0n) is 31.7. The fraction of sp³-hybridized carbons (Fsp3) is 0.525. The number of fused-ring (bicyclic) bond motifs is 4. The molecular weight excluding hydrogens is 730 g/mol. The third-order valence-electron chi connectivity index (χ3n) is 12.1. The monoisotopic (exact) mass is 779 g/mol. The van der Waals surface area contributed by atoms with E-state index in [0.29, 0.717) is 24.8 Å². The molecule has 8 atom stereocenters. The summed E-state index contributed by atoms with van der Waals surface area (Å²) in [5.41, 5.74) is 3.29. The molecule has 1 fully saturated rings. The van der Waals surface area contributed by atoms with E-state index >= 15 is 4.21 Å². The predicted octanol–water partition coefficient (Wildman–Crippen LogP) is 6.16. The van der Waals surface area contributed by atoms with Crippen molar-refractivity contribution in [2.24, 2.45) is 29.2 Å². The van der Waals surface area contributed by atoms with E-state index in [-0.39, 0.29) is 34.4 Å². The lowest BCUT2D eigenvalue weighted by molar-refractivity contribution is 0.0119. The molecule has 2 aliphatic heterocycles. The molecule has 2 aliphatic carbocycles. The molecule has 54 heavy (non-hydrogen) atoms. The van der Waals surface area contributed by atoms with E-state index in [9.17, 15) is 9.59 Å². The van der Waals surface area contributed by atoms with Gasteiger partial charge in [0.15, 0.2) is 0 Å². The first-order chi connectivity index (χ1) is 25.9. The number of hydrogen-bond acceptors (Lipinski definition) is 9. The summed E-state index contributed by atoms with van der Waals surface area (Å²) in [4.78, 5) is 30.4. The van der Waals surface area contributed by atoms with Crippen LogP contribution < -0.4 is 19.1 Å². The van der Waals surface area contributed by atoms with Gasteiger partial charge in [-0.3, -0.25) is 19.0 Å². The van der Waals surface area contributed by atoms with E-state index in [2.05, 4.69) is 31.2 Å². The van der Waals surface area contributed by atoms with Crippen molar-refractivity contribution in [3.8, 4) is 11.6 Å². The van der Waals surface area contributed by atoms with Crippen molar-refractivity contribution < 1.29 is 32.7 Å². The molecule has 1 saturated carbocycles. The number of carbonyl (C=O) groups excluding carboxylic acids is 2. The highest BCUT2D eigenvalue weighted by atomic mass is 35.5. The summed E-state index contributed by atoms with van der Waals surface area (Å²) in [5, 5.41) is 4.06. The van der Waals surface area contributed by atoms with E-state index in [4.69, 9.17) is 30.5 Å². The third-order valence-corrected chi connectivity index (χ3v) is 14.7. The fourth-order valence-electron chi connectivity index (χ4n) is 8.76. The second kappa shape index (κ2) is 15.3. The number of nitrogens with one attached hydrogen (secondary N) is 1. The fourth-order valence-corrected chi connectivity index (χ4v) is 10.8. The molecule has 290 valence electrons. The van der Waals surface area contributed by atoms with Gasteiger partial charge < -0.3 is 23.8 Å². The smallest absolute Gasteiger partial charge is 0.286 e. The molecule has 0 saturated heterocycles. The van der Waals surface area contributed by atoms with Crippen molar-refractivity contribution in [3.05, 3.63) is 82.0 Å². The zero-order chi connectivity index (χ0) is 38.4. The molecule has 1 aromatic heterocycles. The number of halogens is 1. The first-order valence-corrected chi connectivity index (χ1v) is 20.6. The van der Waals surface area contributed by atoms with Crippen LogP contribution in [0.3, 0.4) is 0 Å². The van der Waals surface area contributed by atoms with Crippen LogP contribution in [-0.2, 0) is 38.3 Å². The van der Waals surface area contributed by atoms with Crippen molar-refractivity contribution >= 4 is 39.0 Å². The minimum absolute atomic E-state index is 0.0585. The Morgan fingerprint density at radius 1 is 1.07 bits per heavy atom. The Hall–Kier alpha value is -3.91. The SMILES string of the molecule is COc1nn(C)cc1C(=O)NS1(=O)=NC(=O)c2ccc3c(c2)N(CC2CCC2C(OC)/C=C/C(OC)C(C)C1C)CC1(CCCc2cc(Cl)ccc21)CO3. The first kappa shape index (κ1) is 38.4. The van der Waals surface area contributed by atoms with Gasteiger partial charge in [0.05, 0.1) is 36.9 Å². The van der Waals surface area contributed by atoms with Crippen LogP contribution in [-0.4, -0.2) is 84.3 Å². The highest BCUT2D eigenvalue weighted by Gasteiger charge is 2.45. The number of aromatic nitrogens is 2. The maximum atomic E-state index is 15.1. The number of nitrogens with zero attached hydrogens (tertiary/aromatic N) is 4. The number of rotatable bonds is 5. The number of benzene rings is 2. The van der Waals surface area contributed by atoms with Gasteiger partial charge in [-0.05, 0) is 92.3 Å². The predicted molar refractivity (Wildman–Crippen MR) is 208 cm³/mol. The molecular formula is C40H50ClN5O7S. The van der Waals surface area contributed by atoms with Gasteiger partial charge in [-0.1, -0.05) is 36.7 Å². The summed E-state index contributed by atoms with van der Waals surface area (Å²) in [7, 11) is 2.57. The molecule has 2 aromatic carbocycles. The van der Waals surface area contributed by atoms with E-state index in [1.807, 2.05) is 31.2 Å². The molecule has 0 radical (unpaired) electrons. The lowest BCUT2D eigenvalue weighted by Crippen LogP contribution is -2.49. The zero-order valence-corrected chi connectivity index (χ0v) is 33.3. The van der Waals surface area contributed by atoms with Gasteiger partial charge in [0.25, 0.3) is 11.8 Å². The second-order valence-corrected chi connectivity index (χ2v) is 18.0. The van der Waals surface area contributed by atoms with Crippen molar-refractivity contribution in [1.82, 2.24) is 14.5 Å². The molecule has 2 bridgehead atoms. The lowest BCUT2D eigenvalue weighted by atomic mass is 9.68. The van der Waals surface area contributed by atoms with Gasteiger partial charge in [0.1, 0.15) is 21.2 Å². The van der Waals surface area contributed by atoms with Crippen molar-refractivity contribution in [1.29, 1.82) is 0 Å². The normalized spacial score (nSPS) is 31.5. The Kier molecular flexibility index (Phi) is 10.9. The Balaban J connectivity index is 1.35. The molecule has 8 unspecified atom stereocenters. The van der Waals surface area contributed by atoms with Crippen LogP contribution in [0.15, 0.2) is 59.1 Å². The van der Waals surface area contributed by atoms with Crippen molar-refractivity contribution in [2.75, 3.05) is 45.9 Å². The summed E-state index contributed by atoms with van der Waals surface area (Å²) in [6.45, 7) is 5.48. The lowest BCUT2D eigenvalue weighted by Gasteiger charge is -2.46. The van der Waals surface area contributed by atoms with E-state index in [1.54, 1.807) is 40.3 Å². The molecule has 1 spiro atoms. The van der Waals surface area contributed by atoms with Gasteiger partial charge in [-0.25, -0.2) is 4.21 Å². The quantitative estimate of drug-likeness (QED) is 0.303. The topological polar surface area (TPSA) is 134 Å². The summed E-state index contributed by atoms with van der Waals surface area (Å²) < 4.78 is 47.6. The molecule has 12 nitrogen and oxygen atoms in total. The van der Waals surface area contributed by atoms with E-state index in [1.165, 1.54) is 29.1 Å². The molecule has 3 heterocycles. The molecule has 2 amide bonds. The maximum absolute atomic E-state index is 15.1. The maximum Gasteiger partial charge on any atom is 0.286 e. The first-order valence-electron chi connectivity index (χ1n) is 18.6. The van der Waals surface area contributed by atoms with Gasteiger partial charge in [-0.2, -0.15) is 0 Å². The van der Waals surface area contributed by atoms with Crippen LogP contribution in [0.2, 0.25) is 5.02 Å². The molecule has 3 aromatic rings. The Bertz CT molecular complexity index is 2080. The summed E-state index contributed by atoms with van der Waals surface area (Å²) in [5.74, 6) is -0.582. The van der Waals surface area contributed by atoms with Crippen LogP contribution in [0.4, 0.5) is 5.69 Å². The number of carbonyl (C=O) groups is 2. The number of hydrogen-bond donors (Lipinski definition) is 1. The van der Waals surface area contributed by atoms with Crippen molar-refractivity contribution in [2.45, 2.75) is 68.8 Å². The van der Waals surface area contributed by atoms with Gasteiger partial charge in [0, 0.05) is 62.5 Å². The van der Waals surface area contributed by atoms with Crippen LogP contribution >= 0.6 is 11.6 Å². The largest absolute Gasteiger partial charge is 0.490 e. The van der Waals surface area contributed by atoms with Crippen LogP contribution in [0, 0.1) is 17.8 Å². The third kappa shape index (κ3) is 7.15. The summed E-state index contributed by atoms with van der Waals surface area (Å²) >= 11 is 6.47. The van der Waals surface area contributed by atoms with Crippen LogP contribution in [0.1, 0.15) is 71.4 Å². The molecule has 14 heteroatoms. The molecule has 4 aliphatic rings. The van der Waals surface area contributed by atoms with Crippen LogP contribution in [0.25, 0.3) is 0 Å². The standard InChI is InChI=1S/C40H50ClN5O7S/c1-24-25(2)54(49,44-38(48)31-21-45(3)42-39(31)52-6)43-37(47)27-10-14-36-33(19-27)46(20-28-9-12-30(28)35(51-5)16-15-34(24)50-4)22-40(23-53-36)17-7-8-26-18-29(41)11-13-32(26)40/h10-11,13-16,18-19,21,24-25,28,30,34-35H,7-9,12,17,20,22-23H2,1-6H3,(H,43,44,47,48,49)/b16-15+. The molecule has 1 N–H and O–H groups in total. The van der Waals surface area contributed by atoms with E-state index < -0.39 is 39.0 Å². The number of ether oxygens (including phenoxy) is 4. The molecule has 7 rings (SSSR count). The Morgan fingerprint density at radius 3 is 2.57 bits per heavy atom. The summed E-state index contributed by atoms with van der Waals surface area (Å²) in [6, 6.07) is 11.5. The summed E-state index contributed by atoms with van der Waals surface area (Å²) in [6.07, 6.45) is 9.73. The Labute approximate surface area is 322 Å². The average molecular weight is 780 g/mol.